The van der Waals surface area contributed by atoms with Gasteiger partial charge in [0, 0.05) is 29.4 Å². The van der Waals surface area contributed by atoms with Crippen LogP contribution in [-0.4, -0.2) is 11.9 Å². The summed E-state index contributed by atoms with van der Waals surface area (Å²) in [5.41, 5.74) is 7.24. The van der Waals surface area contributed by atoms with Crippen LogP contribution in [0.4, 0.5) is 0 Å². The van der Waals surface area contributed by atoms with Gasteiger partial charge in [0.1, 0.15) is 0 Å². The Hall–Kier alpha value is -1.36. The molecule has 0 saturated heterocycles. The van der Waals surface area contributed by atoms with Crippen LogP contribution in [0.1, 0.15) is 27.7 Å². The third-order valence-electron chi connectivity index (χ3n) is 2.92. The monoisotopic (exact) mass is 310 g/mol. The van der Waals surface area contributed by atoms with Crippen LogP contribution in [0.15, 0.2) is 41.8 Å². The first-order valence-electron chi connectivity index (χ1n) is 6.31. The molecule has 1 aromatic carbocycles. The molecule has 0 aliphatic heterocycles. The molecule has 1 aromatic heterocycles. The molecule has 1 atom stereocenters. The first kappa shape index (κ1) is 16.7. The van der Waals surface area contributed by atoms with Crippen LogP contribution < -0.4 is 11.1 Å². The lowest BCUT2D eigenvalue weighted by molar-refractivity contribution is 0.0940. The first-order valence-corrected chi connectivity index (χ1v) is 7.19. The summed E-state index contributed by atoms with van der Waals surface area (Å²) in [6.45, 7) is 2.52. The largest absolute Gasteiger partial charge is 0.349 e. The molecular weight excluding hydrogens is 292 g/mol. The molecule has 0 saturated carbocycles. The van der Waals surface area contributed by atoms with Crippen LogP contribution >= 0.6 is 23.7 Å². The van der Waals surface area contributed by atoms with Gasteiger partial charge in [-0.3, -0.25) is 4.79 Å². The second-order valence-electron chi connectivity index (χ2n) is 4.56. The van der Waals surface area contributed by atoms with Crippen molar-refractivity contribution in [3.05, 3.63) is 57.8 Å². The zero-order valence-electron chi connectivity index (χ0n) is 11.3. The Balaban J connectivity index is 0.00000200. The van der Waals surface area contributed by atoms with Crippen molar-refractivity contribution in [1.82, 2.24) is 5.32 Å². The molecule has 3 nitrogen and oxygen atoms in total. The molecule has 108 valence electrons. The van der Waals surface area contributed by atoms with E-state index in [-0.39, 0.29) is 24.4 Å². The molecule has 0 aliphatic rings. The van der Waals surface area contributed by atoms with Crippen molar-refractivity contribution < 1.29 is 4.79 Å². The minimum atomic E-state index is -0.0346. The highest BCUT2D eigenvalue weighted by Gasteiger charge is 2.10. The molecular formula is C15H19ClN2OS. The number of nitrogens with two attached hydrogens (primary N) is 1. The minimum Gasteiger partial charge on any atom is -0.349 e. The number of carbonyl (C=O) groups is 1. The van der Waals surface area contributed by atoms with E-state index in [1.807, 2.05) is 37.3 Å². The summed E-state index contributed by atoms with van der Waals surface area (Å²) in [6, 6.07) is 11.6. The van der Waals surface area contributed by atoms with Gasteiger partial charge in [0.05, 0.1) is 0 Å². The summed E-state index contributed by atoms with van der Waals surface area (Å²) in [5, 5.41) is 5.06. The van der Waals surface area contributed by atoms with Gasteiger partial charge in [-0.2, -0.15) is 0 Å². The molecule has 2 rings (SSSR count). The summed E-state index contributed by atoms with van der Waals surface area (Å²) in [7, 11) is 0. The zero-order chi connectivity index (χ0) is 13.7. The maximum atomic E-state index is 12.0. The van der Waals surface area contributed by atoms with Gasteiger partial charge in [0.2, 0.25) is 0 Å². The van der Waals surface area contributed by atoms with Gasteiger partial charge in [-0.15, -0.1) is 23.7 Å². The summed E-state index contributed by atoms with van der Waals surface area (Å²) in [4.78, 5) is 13.3. The molecule has 0 aliphatic carbocycles. The van der Waals surface area contributed by atoms with E-state index in [9.17, 15) is 4.79 Å². The predicted molar refractivity (Wildman–Crippen MR) is 86.5 cm³/mol. The van der Waals surface area contributed by atoms with Crippen LogP contribution in [0.5, 0.6) is 0 Å². The Morgan fingerprint density at radius 2 is 2.00 bits per heavy atom. The molecule has 5 heteroatoms. The molecule has 0 fully saturated rings. The van der Waals surface area contributed by atoms with Gasteiger partial charge in [-0.1, -0.05) is 18.2 Å². The fourth-order valence-electron chi connectivity index (χ4n) is 1.88. The van der Waals surface area contributed by atoms with E-state index in [1.54, 1.807) is 11.3 Å². The van der Waals surface area contributed by atoms with Crippen molar-refractivity contribution in [2.24, 2.45) is 5.73 Å². The van der Waals surface area contributed by atoms with Gasteiger partial charge in [-0.25, -0.2) is 0 Å². The van der Waals surface area contributed by atoms with E-state index in [0.717, 1.165) is 12.0 Å². The number of carbonyl (C=O) groups excluding carboxylic acids is 1. The van der Waals surface area contributed by atoms with Crippen molar-refractivity contribution in [3.63, 3.8) is 0 Å². The SMILES string of the molecule is CC(Cc1cccs1)NC(=O)c1ccc(CN)cc1.Cl. The van der Waals surface area contributed by atoms with Gasteiger partial charge in [0.15, 0.2) is 0 Å². The van der Waals surface area contributed by atoms with Crippen molar-refractivity contribution in [2.45, 2.75) is 25.9 Å². The maximum Gasteiger partial charge on any atom is 0.251 e. The number of thiophene rings is 1. The Kier molecular flexibility index (Phi) is 6.71. The lowest BCUT2D eigenvalue weighted by Crippen LogP contribution is -2.33. The topological polar surface area (TPSA) is 55.1 Å². The summed E-state index contributed by atoms with van der Waals surface area (Å²) in [5.74, 6) is -0.0346. The number of hydrogen-bond donors (Lipinski definition) is 2. The van der Waals surface area contributed by atoms with Crippen LogP contribution in [0.25, 0.3) is 0 Å². The fraction of sp³-hybridized carbons (Fsp3) is 0.267. The molecule has 1 heterocycles. The van der Waals surface area contributed by atoms with Crippen molar-refractivity contribution in [3.8, 4) is 0 Å². The van der Waals surface area contributed by atoms with E-state index < -0.39 is 0 Å². The number of amides is 1. The Morgan fingerprint density at radius 3 is 2.55 bits per heavy atom. The van der Waals surface area contributed by atoms with Crippen molar-refractivity contribution in [1.29, 1.82) is 0 Å². The second-order valence-corrected chi connectivity index (χ2v) is 5.59. The minimum absolute atomic E-state index is 0. The lowest BCUT2D eigenvalue weighted by Gasteiger charge is -2.13. The maximum absolute atomic E-state index is 12.0. The van der Waals surface area contributed by atoms with Crippen LogP contribution in [0.3, 0.4) is 0 Å². The number of hydrogen-bond acceptors (Lipinski definition) is 3. The van der Waals surface area contributed by atoms with E-state index in [1.165, 1.54) is 4.88 Å². The van der Waals surface area contributed by atoms with Crippen LogP contribution in [0, 0.1) is 0 Å². The molecule has 1 amide bonds. The fourth-order valence-corrected chi connectivity index (χ4v) is 2.72. The van der Waals surface area contributed by atoms with E-state index in [4.69, 9.17) is 5.73 Å². The van der Waals surface area contributed by atoms with Crippen molar-refractivity contribution >= 4 is 29.7 Å². The Morgan fingerprint density at radius 1 is 1.30 bits per heavy atom. The summed E-state index contributed by atoms with van der Waals surface area (Å²) >= 11 is 1.71. The Labute approximate surface area is 129 Å². The van der Waals surface area contributed by atoms with Crippen LogP contribution in [0.2, 0.25) is 0 Å². The molecule has 1 unspecified atom stereocenters. The van der Waals surface area contributed by atoms with Gasteiger partial charge in [-0.05, 0) is 36.1 Å². The lowest BCUT2D eigenvalue weighted by atomic mass is 10.1. The summed E-state index contributed by atoms with van der Waals surface area (Å²) < 4.78 is 0. The molecule has 3 N–H and O–H groups in total. The molecule has 2 aromatic rings. The van der Waals surface area contributed by atoms with E-state index in [0.29, 0.717) is 12.1 Å². The third-order valence-corrected chi connectivity index (χ3v) is 3.82. The molecule has 0 bridgehead atoms. The van der Waals surface area contributed by atoms with Gasteiger partial charge in [0.25, 0.3) is 5.91 Å². The van der Waals surface area contributed by atoms with E-state index >= 15 is 0 Å². The molecule has 20 heavy (non-hydrogen) atoms. The molecule has 0 spiro atoms. The standard InChI is InChI=1S/C15H18N2OS.ClH/c1-11(9-14-3-2-8-19-14)17-15(18)13-6-4-12(10-16)5-7-13;/h2-8,11H,9-10,16H2,1H3,(H,17,18);1H. The van der Waals surface area contributed by atoms with Gasteiger partial charge < -0.3 is 11.1 Å². The quantitative estimate of drug-likeness (QED) is 0.892. The predicted octanol–water partition coefficient (Wildman–Crippen LogP) is 2.99. The van der Waals surface area contributed by atoms with E-state index in [2.05, 4.69) is 16.8 Å². The number of nitrogens with one attached hydrogen (secondary N) is 1. The Bertz CT molecular complexity index is 525. The first-order chi connectivity index (χ1) is 9.19. The highest BCUT2D eigenvalue weighted by molar-refractivity contribution is 7.09. The number of rotatable bonds is 5. The highest BCUT2D eigenvalue weighted by Crippen LogP contribution is 2.11. The number of halogens is 1. The smallest absolute Gasteiger partial charge is 0.251 e. The highest BCUT2D eigenvalue weighted by atomic mass is 35.5. The summed E-state index contributed by atoms with van der Waals surface area (Å²) in [6.07, 6.45) is 0.865. The average molecular weight is 311 g/mol. The molecule has 0 radical (unpaired) electrons. The van der Waals surface area contributed by atoms with Gasteiger partial charge >= 0.3 is 0 Å². The normalized spacial score (nSPS) is 11.5. The van der Waals surface area contributed by atoms with Crippen LogP contribution in [-0.2, 0) is 13.0 Å². The third kappa shape index (κ3) is 4.63. The zero-order valence-corrected chi connectivity index (χ0v) is 13.0. The number of benzene rings is 1. The average Bonchev–Trinajstić information content (AvgIpc) is 2.91. The van der Waals surface area contributed by atoms with Crippen molar-refractivity contribution in [2.75, 3.05) is 0 Å². The second kappa shape index (κ2) is 8.04.